The molecule has 0 amide bonds. The summed E-state index contributed by atoms with van der Waals surface area (Å²) in [6.45, 7) is 7.82. The Morgan fingerprint density at radius 2 is 2.25 bits per heavy atom. The molecule has 20 heavy (non-hydrogen) atoms. The van der Waals surface area contributed by atoms with Crippen molar-refractivity contribution in [2.75, 3.05) is 24.6 Å². The minimum atomic E-state index is -0.497. The quantitative estimate of drug-likeness (QED) is 0.796. The predicted octanol–water partition coefficient (Wildman–Crippen LogP) is 2.64. The summed E-state index contributed by atoms with van der Waals surface area (Å²) in [7, 11) is 0. The van der Waals surface area contributed by atoms with Crippen LogP contribution < -0.4 is 9.64 Å². The van der Waals surface area contributed by atoms with E-state index < -0.39 is 5.82 Å². The third-order valence-electron chi connectivity index (χ3n) is 3.40. The molecular formula is C15H20FN3O. The third-order valence-corrected chi connectivity index (χ3v) is 3.40. The summed E-state index contributed by atoms with van der Waals surface area (Å²) >= 11 is 0. The molecule has 0 N–H and O–H groups in total. The molecule has 0 aliphatic carbocycles. The molecule has 0 radical (unpaired) electrons. The normalized spacial score (nSPS) is 17.3. The van der Waals surface area contributed by atoms with Gasteiger partial charge in [-0.2, -0.15) is 9.37 Å². The molecule has 1 aliphatic heterocycles. The van der Waals surface area contributed by atoms with Gasteiger partial charge in [0, 0.05) is 13.1 Å². The highest BCUT2D eigenvalue weighted by atomic mass is 19.1. The molecule has 0 aromatic carbocycles. The molecule has 5 heteroatoms. The number of aromatic nitrogens is 2. The summed E-state index contributed by atoms with van der Waals surface area (Å²) in [5.74, 6) is 5.22. The fraction of sp³-hybridized carbons (Fsp3) is 0.600. The first-order valence-corrected chi connectivity index (χ1v) is 6.81. The zero-order valence-electron chi connectivity index (χ0n) is 12.2. The standard InChI is InChI=1S/C15H20FN3O/c1-4-5-9-20-14-12(16)13(17-11-18-14)19-8-6-7-15(2,3)10-19/h11H,6-10H2,1-3H3. The topological polar surface area (TPSA) is 38.3 Å². The van der Waals surface area contributed by atoms with Crippen LogP contribution in [0, 0.1) is 23.1 Å². The Morgan fingerprint density at radius 1 is 1.45 bits per heavy atom. The van der Waals surface area contributed by atoms with E-state index in [0.717, 1.165) is 25.9 Å². The van der Waals surface area contributed by atoms with Crippen LogP contribution in [-0.2, 0) is 0 Å². The lowest BCUT2D eigenvalue weighted by Gasteiger charge is -2.38. The van der Waals surface area contributed by atoms with Gasteiger partial charge in [0.05, 0.1) is 0 Å². The van der Waals surface area contributed by atoms with Gasteiger partial charge in [0.15, 0.2) is 12.4 Å². The van der Waals surface area contributed by atoms with Gasteiger partial charge in [0.2, 0.25) is 5.82 Å². The van der Waals surface area contributed by atoms with E-state index in [0.29, 0.717) is 5.82 Å². The molecular weight excluding hydrogens is 257 g/mol. The first kappa shape index (κ1) is 14.6. The average molecular weight is 277 g/mol. The molecule has 0 atom stereocenters. The Hall–Kier alpha value is -1.83. The first-order valence-electron chi connectivity index (χ1n) is 6.81. The highest BCUT2D eigenvalue weighted by Gasteiger charge is 2.29. The van der Waals surface area contributed by atoms with Crippen molar-refractivity contribution in [3.63, 3.8) is 0 Å². The van der Waals surface area contributed by atoms with Crippen molar-refractivity contribution in [1.29, 1.82) is 0 Å². The van der Waals surface area contributed by atoms with E-state index >= 15 is 0 Å². The van der Waals surface area contributed by atoms with Gasteiger partial charge in [-0.05, 0) is 25.2 Å². The van der Waals surface area contributed by atoms with Crippen LogP contribution >= 0.6 is 0 Å². The Bertz CT molecular complexity index is 534. The van der Waals surface area contributed by atoms with Gasteiger partial charge in [0.25, 0.3) is 5.88 Å². The molecule has 0 unspecified atom stereocenters. The van der Waals surface area contributed by atoms with E-state index in [1.165, 1.54) is 6.33 Å². The van der Waals surface area contributed by atoms with Gasteiger partial charge in [-0.25, -0.2) is 4.98 Å². The van der Waals surface area contributed by atoms with Crippen molar-refractivity contribution in [2.24, 2.45) is 5.41 Å². The molecule has 1 aliphatic rings. The zero-order chi connectivity index (χ0) is 14.6. The molecule has 4 nitrogen and oxygen atoms in total. The largest absolute Gasteiger partial charge is 0.462 e. The van der Waals surface area contributed by atoms with Gasteiger partial charge in [-0.1, -0.05) is 19.8 Å². The molecule has 108 valence electrons. The number of hydrogen-bond acceptors (Lipinski definition) is 4. The molecule has 1 fully saturated rings. The van der Waals surface area contributed by atoms with Crippen LogP contribution in [0.3, 0.4) is 0 Å². The monoisotopic (exact) mass is 277 g/mol. The van der Waals surface area contributed by atoms with Crippen molar-refractivity contribution < 1.29 is 9.13 Å². The second kappa shape index (κ2) is 6.08. The Kier molecular flexibility index (Phi) is 4.43. The summed E-state index contributed by atoms with van der Waals surface area (Å²) in [4.78, 5) is 9.89. The maximum atomic E-state index is 14.4. The van der Waals surface area contributed by atoms with Crippen molar-refractivity contribution in [3.8, 4) is 17.7 Å². The van der Waals surface area contributed by atoms with Gasteiger partial charge in [0.1, 0.15) is 6.33 Å². The zero-order valence-corrected chi connectivity index (χ0v) is 12.2. The number of nitrogens with zero attached hydrogens (tertiary/aromatic N) is 3. The number of rotatable bonds is 3. The van der Waals surface area contributed by atoms with Crippen LogP contribution in [0.4, 0.5) is 10.2 Å². The van der Waals surface area contributed by atoms with Crippen molar-refractivity contribution in [2.45, 2.75) is 33.6 Å². The highest BCUT2D eigenvalue weighted by Crippen LogP contribution is 2.33. The lowest BCUT2D eigenvalue weighted by molar-refractivity contribution is 0.288. The van der Waals surface area contributed by atoms with Crippen LogP contribution in [0.2, 0.25) is 0 Å². The maximum absolute atomic E-state index is 14.4. The minimum Gasteiger partial charge on any atom is -0.462 e. The SMILES string of the molecule is CC#CCOc1ncnc(N2CCCC(C)(C)C2)c1F. The minimum absolute atomic E-state index is 0.0267. The number of piperidine rings is 1. The van der Waals surface area contributed by atoms with Crippen LogP contribution in [-0.4, -0.2) is 29.7 Å². The van der Waals surface area contributed by atoms with Crippen molar-refractivity contribution in [1.82, 2.24) is 9.97 Å². The summed E-state index contributed by atoms with van der Waals surface area (Å²) in [5.41, 5.74) is 0.171. The molecule has 0 saturated carbocycles. The van der Waals surface area contributed by atoms with E-state index in [1.54, 1.807) is 6.92 Å². The molecule has 0 spiro atoms. The molecule has 2 heterocycles. The first-order chi connectivity index (χ1) is 9.53. The summed E-state index contributed by atoms with van der Waals surface area (Å²) in [6, 6.07) is 0. The summed E-state index contributed by atoms with van der Waals surface area (Å²) in [6.07, 6.45) is 3.52. The van der Waals surface area contributed by atoms with E-state index in [2.05, 4.69) is 35.7 Å². The van der Waals surface area contributed by atoms with Gasteiger partial charge in [-0.15, -0.1) is 5.92 Å². The Morgan fingerprint density at radius 3 is 2.95 bits per heavy atom. The Labute approximate surface area is 119 Å². The second-order valence-electron chi connectivity index (χ2n) is 5.72. The second-order valence-corrected chi connectivity index (χ2v) is 5.72. The van der Waals surface area contributed by atoms with Crippen LogP contribution in [0.5, 0.6) is 5.88 Å². The van der Waals surface area contributed by atoms with Gasteiger partial charge >= 0.3 is 0 Å². The number of ether oxygens (including phenoxy) is 1. The fourth-order valence-electron chi connectivity index (χ4n) is 2.45. The molecule has 0 bridgehead atoms. The number of anilines is 1. The van der Waals surface area contributed by atoms with E-state index in [4.69, 9.17) is 4.74 Å². The fourth-order valence-corrected chi connectivity index (χ4v) is 2.45. The summed E-state index contributed by atoms with van der Waals surface area (Å²) < 4.78 is 19.6. The molecule has 1 aromatic heterocycles. The smallest absolute Gasteiger partial charge is 0.256 e. The van der Waals surface area contributed by atoms with Crippen molar-refractivity contribution in [3.05, 3.63) is 12.1 Å². The van der Waals surface area contributed by atoms with E-state index in [9.17, 15) is 4.39 Å². The van der Waals surface area contributed by atoms with E-state index in [1.807, 2.05) is 4.90 Å². The highest BCUT2D eigenvalue weighted by molar-refractivity contribution is 5.43. The number of halogens is 1. The van der Waals surface area contributed by atoms with Gasteiger partial charge in [-0.3, -0.25) is 0 Å². The van der Waals surface area contributed by atoms with E-state index in [-0.39, 0.29) is 17.9 Å². The Balaban J connectivity index is 2.18. The van der Waals surface area contributed by atoms with Crippen LogP contribution in [0.15, 0.2) is 6.33 Å². The molecule has 1 aromatic rings. The maximum Gasteiger partial charge on any atom is 0.256 e. The lowest BCUT2D eigenvalue weighted by atomic mass is 9.84. The predicted molar refractivity (Wildman–Crippen MR) is 76.2 cm³/mol. The van der Waals surface area contributed by atoms with Crippen LogP contribution in [0.25, 0.3) is 0 Å². The molecule has 1 saturated heterocycles. The van der Waals surface area contributed by atoms with Crippen molar-refractivity contribution >= 4 is 5.82 Å². The third kappa shape index (κ3) is 3.38. The van der Waals surface area contributed by atoms with Gasteiger partial charge < -0.3 is 9.64 Å². The summed E-state index contributed by atoms with van der Waals surface area (Å²) in [5, 5.41) is 0. The lowest BCUT2D eigenvalue weighted by Crippen LogP contribution is -2.41. The number of hydrogen-bond donors (Lipinski definition) is 0. The molecule has 2 rings (SSSR count). The van der Waals surface area contributed by atoms with Crippen LogP contribution in [0.1, 0.15) is 33.6 Å². The average Bonchev–Trinajstić information content (AvgIpc) is 2.40.